The topological polar surface area (TPSA) is 67.2 Å². The molecule has 1 saturated carbocycles. The predicted octanol–water partition coefficient (Wildman–Crippen LogP) is 5.12. The highest BCUT2D eigenvalue weighted by Gasteiger charge is 2.54. The third-order valence-corrected chi connectivity index (χ3v) is 8.90. The number of para-hydroxylation sites is 1. The Kier molecular flexibility index (Phi) is 5.48. The lowest BCUT2D eigenvalue weighted by atomic mass is 10.1. The van der Waals surface area contributed by atoms with E-state index in [4.69, 9.17) is 0 Å². The van der Waals surface area contributed by atoms with Gasteiger partial charge in [-0.3, -0.25) is 9.59 Å². The zero-order chi connectivity index (χ0) is 25.1. The maximum atomic E-state index is 13.8. The monoisotopic (exact) mass is 498 g/mol. The van der Waals surface area contributed by atoms with Gasteiger partial charge in [-0.15, -0.1) is 11.3 Å². The molecule has 1 saturated heterocycles. The smallest absolute Gasteiger partial charge is 0.274 e. The summed E-state index contributed by atoms with van der Waals surface area (Å²) in [5.41, 5.74) is 5.42. The van der Waals surface area contributed by atoms with Gasteiger partial charge >= 0.3 is 0 Å². The van der Waals surface area contributed by atoms with Crippen LogP contribution in [0.1, 0.15) is 43.5 Å². The van der Waals surface area contributed by atoms with Crippen LogP contribution in [0.5, 0.6) is 0 Å². The molecule has 2 amide bonds. The molecule has 2 aromatic carbocycles. The van der Waals surface area contributed by atoms with Gasteiger partial charge in [0, 0.05) is 36.7 Å². The molecule has 36 heavy (non-hydrogen) atoms. The molecule has 0 unspecified atom stereocenters. The molecule has 1 aliphatic heterocycles. The summed E-state index contributed by atoms with van der Waals surface area (Å²) in [6, 6.07) is 16.2. The second kappa shape index (κ2) is 8.59. The molecule has 3 heterocycles. The second-order valence-electron chi connectivity index (χ2n) is 10.2. The van der Waals surface area contributed by atoms with Gasteiger partial charge in [0.25, 0.3) is 11.8 Å². The number of nitrogens with one attached hydrogen (secondary N) is 1. The summed E-state index contributed by atoms with van der Waals surface area (Å²) in [4.78, 5) is 34.7. The summed E-state index contributed by atoms with van der Waals surface area (Å²) in [7, 11) is 1.99. The van der Waals surface area contributed by atoms with Crippen LogP contribution in [0.2, 0.25) is 0 Å². The largest absolute Gasteiger partial charge is 0.350 e. The van der Waals surface area contributed by atoms with E-state index in [1.165, 1.54) is 0 Å². The van der Waals surface area contributed by atoms with Crippen molar-refractivity contribution in [3.63, 3.8) is 0 Å². The zero-order valence-electron chi connectivity index (χ0n) is 21.0. The Balaban J connectivity index is 1.25. The average molecular weight is 499 g/mol. The highest BCUT2D eigenvalue weighted by atomic mass is 32.1. The van der Waals surface area contributed by atoms with Crippen molar-refractivity contribution in [2.75, 3.05) is 13.1 Å². The van der Waals surface area contributed by atoms with Gasteiger partial charge < -0.3 is 14.8 Å². The van der Waals surface area contributed by atoms with E-state index in [1.54, 1.807) is 11.3 Å². The van der Waals surface area contributed by atoms with Crippen molar-refractivity contribution in [3.05, 3.63) is 76.1 Å². The molecule has 1 N–H and O–H groups in total. The number of thiazole rings is 1. The Morgan fingerprint density at radius 1 is 1.11 bits per heavy atom. The first kappa shape index (κ1) is 23.0. The minimum atomic E-state index is -0.0780. The van der Waals surface area contributed by atoms with Crippen LogP contribution in [0.15, 0.2) is 48.5 Å². The van der Waals surface area contributed by atoms with Crippen LogP contribution in [0, 0.1) is 32.6 Å². The highest BCUT2D eigenvalue weighted by Crippen LogP contribution is 2.50. The number of rotatable bonds is 5. The summed E-state index contributed by atoms with van der Waals surface area (Å²) in [6.07, 6.45) is 1.12. The molecule has 2 aromatic heterocycles. The number of fused-ring (bicyclic) bond motifs is 2. The van der Waals surface area contributed by atoms with Gasteiger partial charge in [-0.1, -0.05) is 48.0 Å². The van der Waals surface area contributed by atoms with Gasteiger partial charge in [-0.05, 0) is 50.7 Å². The molecule has 6 rings (SSSR count). The summed E-state index contributed by atoms with van der Waals surface area (Å²) in [5, 5.41) is 5.02. The van der Waals surface area contributed by atoms with E-state index >= 15 is 0 Å². The fraction of sp³-hybridized carbons (Fsp3) is 0.345. The molecule has 2 aliphatic rings. The number of benzene rings is 2. The second-order valence-corrected chi connectivity index (χ2v) is 11.4. The van der Waals surface area contributed by atoms with Gasteiger partial charge in [-0.25, -0.2) is 4.98 Å². The van der Waals surface area contributed by atoms with Crippen molar-refractivity contribution < 1.29 is 9.59 Å². The first-order chi connectivity index (χ1) is 17.3. The molecule has 1 aliphatic carbocycles. The number of carbonyl (C=O) groups excluding carboxylic acids is 2. The van der Waals surface area contributed by atoms with Crippen LogP contribution >= 0.6 is 11.3 Å². The molecular formula is C29H30N4O2S. The molecule has 2 fully saturated rings. The van der Waals surface area contributed by atoms with Crippen LogP contribution < -0.4 is 5.32 Å². The normalized spacial score (nSPS) is 20.6. The number of likely N-dealkylation sites (tertiary alicyclic amines) is 1. The molecule has 6 nitrogen and oxygen atoms in total. The Bertz CT molecular complexity index is 1520. The summed E-state index contributed by atoms with van der Waals surface area (Å²) in [5.74, 6) is 0.872. The molecule has 0 bridgehead atoms. The van der Waals surface area contributed by atoms with Crippen molar-refractivity contribution in [1.82, 2.24) is 19.8 Å². The number of carbonyl (C=O) groups is 2. The molecule has 4 aromatic rings. The Hall–Kier alpha value is -3.45. The van der Waals surface area contributed by atoms with E-state index in [1.807, 2.05) is 62.2 Å². The maximum absolute atomic E-state index is 13.8. The molecular weight excluding hydrogens is 468 g/mol. The van der Waals surface area contributed by atoms with Crippen molar-refractivity contribution in [2.45, 2.75) is 33.2 Å². The fourth-order valence-electron chi connectivity index (χ4n) is 5.85. The fourth-order valence-corrected chi connectivity index (χ4v) is 6.76. The Morgan fingerprint density at radius 2 is 1.92 bits per heavy atom. The van der Waals surface area contributed by atoms with E-state index in [0.29, 0.717) is 29.6 Å². The van der Waals surface area contributed by atoms with Gasteiger partial charge in [0.05, 0.1) is 21.5 Å². The van der Waals surface area contributed by atoms with Gasteiger partial charge in [0.15, 0.2) is 0 Å². The number of amides is 2. The third kappa shape index (κ3) is 3.73. The summed E-state index contributed by atoms with van der Waals surface area (Å²) >= 11 is 1.57. The van der Waals surface area contributed by atoms with Crippen molar-refractivity contribution >= 4 is 34.1 Å². The highest BCUT2D eigenvalue weighted by molar-refractivity contribution is 7.15. The van der Waals surface area contributed by atoms with Crippen LogP contribution in [-0.4, -0.2) is 45.4 Å². The van der Waals surface area contributed by atoms with Gasteiger partial charge in [0.1, 0.15) is 5.69 Å². The minimum absolute atomic E-state index is 0.00546. The lowest BCUT2D eigenvalue weighted by Crippen LogP contribution is -2.45. The van der Waals surface area contributed by atoms with Crippen LogP contribution in [0.4, 0.5) is 0 Å². The van der Waals surface area contributed by atoms with E-state index < -0.39 is 0 Å². The SMILES string of the molecule is Cc1cccc(-c2sc(C)nc2C(=O)N2C[C@@H]3C[C@@H]3[C@H]2CNC(=O)c2c(C)n(C)c3ccccc23)c1. The lowest BCUT2D eigenvalue weighted by Gasteiger charge is -2.27. The minimum Gasteiger partial charge on any atom is -0.350 e. The quantitative estimate of drug-likeness (QED) is 0.415. The average Bonchev–Trinajstić information content (AvgIpc) is 3.26. The molecule has 3 atom stereocenters. The number of hydrogen-bond acceptors (Lipinski definition) is 4. The van der Waals surface area contributed by atoms with Crippen molar-refractivity contribution in [3.8, 4) is 10.4 Å². The molecule has 184 valence electrons. The number of nitrogens with zero attached hydrogens (tertiary/aromatic N) is 3. The Morgan fingerprint density at radius 3 is 2.72 bits per heavy atom. The molecule has 0 spiro atoms. The molecule has 7 heteroatoms. The Labute approximate surface area is 215 Å². The van der Waals surface area contributed by atoms with E-state index in [2.05, 4.69) is 33.9 Å². The number of piperidine rings is 1. The standard InChI is InChI=1S/C29H30N4O2S/c1-16-8-7-9-19(12-16)27-26(31-18(3)36-27)29(35)33-15-20-13-22(20)24(33)14-30-28(34)25-17(2)32(4)23-11-6-5-10-21(23)25/h5-12,20,22,24H,13-15H2,1-4H3,(H,30,34)/t20-,22-,24+/m0/s1. The summed E-state index contributed by atoms with van der Waals surface area (Å²) < 4.78 is 2.06. The van der Waals surface area contributed by atoms with Crippen molar-refractivity contribution in [1.29, 1.82) is 0 Å². The van der Waals surface area contributed by atoms with Gasteiger partial charge in [-0.2, -0.15) is 0 Å². The first-order valence-corrected chi connectivity index (χ1v) is 13.3. The van der Waals surface area contributed by atoms with Crippen molar-refractivity contribution in [2.24, 2.45) is 18.9 Å². The number of aryl methyl sites for hydroxylation is 3. The first-order valence-electron chi connectivity index (χ1n) is 12.5. The van der Waals surface area contributed by atoms with E-state index in [9.17, 15) is 9.59 Å². The summed E-state index contributed by atoms with van der Waals surface area (Å²) in [6.45, 7) is 7.18. The lowest BCUT2D eigenvalue weighted by molar-refractivity contribution is 0.0690. The van der Waals surface area contributed by atoms with E-state index in [-0.39, 0.29) is 17.9 Å². The van der Waals surface area contributed by atoms with Gasteiger partial charge in [0.2, 0.25) is 0 Å². The predicted molar refractivity (Wildman–Crippen MR) is 143 cm³/mol. The number of aromatic nitrogens is 2. The van der Waals surface area contributed by atoms with Crippen LogP contribution in [-0.2, 0) is 7.05 Å². The maximum Gasteiger partial charge on any atom is 0.274 e. The third-order valence-electron chi connectivity index (χ3n) is 7.88. The van der Waals surface area contributed by atoms with E-state index in [0.717, 1.165) is 50.6 Å². The zero-order valence-corrected chi connectivity index (χ0v) is 21.9. The molecule has 0 radical (unpaired) electrons. The van der Waals surface area contributed by atoms with Crippen LogP contribution in [0.3, 0.4) is 0 Å². The number of hydrogen-bond donors (Lipinski definition) is 1. The van der Waals surface area contributed by atoms with Crippen LogP contribution in [0.25, 0.3) is 21.3 Å².